The summed E-state index contributed by atoms with van der Waals surface area (Å²) in [5.41, 5.74) is 3.38. The van der Waals surface area contributed by atoms with Crippen LogP contribution in [-0.4, -0.2) is 20.7 Å². The lowest BCUT2D eigenvalue weighted by atomic mass is 10.2. The average Bonchev–Trinajstić information content (AvgIpc) is 2.71. The molecule has 4 nitrogen and oxygen atoms in total. The van der Waals surface area contributed by atoms with Gasteiger partial charge in [-0.15, -0.1) is 0 Å². The van der Waals surface area contributed by atoms with E-state index in [1.54, 1.807) is 13.1 Å². The smallest absolute Gasteiger partial charge is 0.0871 e. The van der Waals surface area contributed by atoms with Crippen LogP contribution < -0.4 is 0 Å². The zero-order chi connectivity index (χ0) is 11.5. The first kappa shape index (κ1) is 10.4. The number of benzene rings is 1. The van der Waals surface area contributed by atoms with E-state index in [9.17, 15) is 0 Å². The van der Waals surface area contributed by atoms with Gasteiger partial charge in [-0.25, -0.2) is 4.68 Å². The molecule has 1 N–H and O–H groups in total. The van der Waals surface area contributed by atoms with Crippen LogP contribution in [0.25, 0.3) is 5.69 Å². The van der Waals surface area contributed by atoms with Crippen LogP contribution in [-0.2, 0) is 0 Å². The second-order valence-electron chi connectivity index (χ2n) is 3.58. The molecule has 0 saturated heterocycles. The fourth-order valence-corrected chi connectivity index (χ4v) is 1.65. The Kier molecular flexibility index (Phi) is 2.72. The Balaban J connectivity index is 2.50. The van der Waals surface area contributed by atoms with E-state index in [2.05, 4.69) is 10.3 Å². The third-order valence-corrected chi connectivity index (χ3v) is 2.55. The van der Waals surface area contributed by atoms with Crippen molar-refractivity contribution in [2.45, 2.75) is 13.8 Å². The highest BCUT2D eigenvalue weighted by atomic mass is 16.4. The van der Waals surface area contributed by atoms with Crippen LogP contribution in [0, 0.1) is 6.92 Å². The SMILES string of the molecule is CC(=NO)c1cnn(-c2ccccc2)c1C. The predicted molar refractivity (Wildman–Crippen MR) is 62.3 cm³/mol. The first-order chi connectivity index (χ1) is 7.74. The van der Waals surface area contributed by atoms with Gasteiger partial charge in [0.1, 0.15) is 0 Å². The van der Waals surface area contributed by atoms with Crippen molar-refractivity contribution in [1.29, 1.82) is 0 Å². The molecule has 0 spiro atoms. The number of rotatable bonds is 2. The molecule has 0 radical (unpaired) electrons. The van der Waals surface area contributed by atoms with Gasteiger partial charge >= 0.3 is 0 Å². The van der Waals surface area contributed by atoms with E-state index >= 15 is 0 Å². The van der Waals surface area contributed by atoms with Gasteiger partial charge in [0.15, 0.2) is 0 Å². The van der Waals surface area contributed by atoms with Gasteiger partial charge in [-0.05, 0) is 26.0 Å². The number of hydrogen-bond acceptors (Lipinski definition) is 3. The van der Waals surface area contributed by atoms with Gasteiger partial charge in [0.05, 0.1) is 23.3 Å². The zero-order valence-corrected chi connectivity index (χ0v) is 9.25. The summed E-state index contributed by atoms with van der Waals surface area (Å²) in [7, 11) is 0. The topological polar surface area (TPSA) is 50.4 Å². The summed E-state index contributed by atoms with van der Waals surface area (Å²) in [4.78, 5) is 0. The van der Waals surface area contributed by atoms with Crippen molar-refractivity contribution in [1.82, 2.24) is 9.78 Å². The number of oxime groups is 1. The lowest BCUT2D eigenvalue weighted by molar-refractivity contribution is 0.319. The van der Waals surface area contributed by atoms with E-state index in [0.29, 0.717) is 5.71 Å². The molecule has 2 aromatic rings. The monoisotopic (exact) mass is 215 g/mol. The molecule has 2 rings (SSSR count). The van der Waals surface area contributed by atoms with Crippen LogP contribution in [0.4, 0.5) is 0 Å². The Hall–Kier alpha value is -2.10. The Morgan fingerprint density at radius 1 is 1.31 bits per heavy atom. The summed E-state index contributed by atoms with van der Waals surface area (Å²) >= 11 is 0. The van der Waals surface area contributed by atoms with Crippen LogP contribution in [0.1, 0.15) is 18.2 Å². The van der Waals surface area contributed by atoms with Crippen molar-refractivity contribution in [2.75, 3.05) is 0 Å². The van der Waals surface area contributed by atoms with Gasteiger partial charge < -0.3 is 5.21 Å². The second kappa shape index (κ2) is 4.18. The molecule has 0 saturated carbocycles. The normalized spacial score (nSPS) is 11.8. The Morgan fingerprint density at radius 3 is 2.62 bits per heavy atom. The molecule has 0 aliphatic rings. The van der Waals surface area contributed by atoms with Crippen LogP contribution in [0.5, 0.6) is 0 Å². The second-order valence-corrected chi connectivity index (χ2v) is 3.58. The maximum absolute atomic E-state index is 8.74. The molecule has 0 aliphatic carbocycles. The number of aromatic nitrogens is 2. The molecule has 0 bridgehead atoms. The molecule has 4 heteroatoms. The number of nitrogens with zero attached hydrogens (tertiary/aromatic N) is 3. The summed E-state index contributed by atoms with van der Waals surface area (Å²) in [5.74, 6) is 0. The molecule has 16 heavy (non-hydrogen) atoms. The highest BCUT2D eigenvalue weighted by molar-refractivity contribution is 5.99. The fraction of sp³-hybridized carbons (Fsp3) is 0.167. The zero-order valence-electron chi connectivity index (χ0n) is 9.25. The molecule has 1 aromatic heterocycles. The summed E-state index contributed by atoms with van der Waals surface area (Å²) < 4.78 is 1.82. The average molecular weight is 215 g/mol. The van der Waals surface area contributed by atoms with Crippen molar-refractivity contribution in [3.8, 4) is 5.69 Å². The largest absolute Gasteiger partial charge is 0.411 e. The van der Waals surface area contributed by atoms with Gasteiger partial charge in [-0.3, -0.25) is 0 Å². The first-order valence-corrected chi connectivity index (χ1v) is 5.03. The van der Waals surface area contributed by atoms with E-state index in [4.69, 9.17) is 5.21 Å². The van der Waals surface area contributed by atoms with Crippen molar-refractivity contribution >= 4 is 5.71 Å². The fourth-order valence-electron chi connectivity index (χ4n) is 1.65. The van der Waals surface area contributed by atoms with E-state index in [-0.39, 0.29) is 0 Å². The number of para-hydroxylation sites is 1. The molecular formula is C12H13N3O. The van der Waals surface area contributed by atoms with Crippen LogP contribution in [0.15, 0.2) is 41.7 Å². The highest BCUT2D eigenvalue weighted by Gasteiger charge is 2.10. The van der Waals surface area contributed by atoms with E-state index in [0.717, 1.165) is 16.9 Å². The number of hydrogen-bond donors (Lipinski definition) is 1. The third kappa shape index (κ3) is 1.69. The van der Waals surface area contributed by atoms with Gasteiger partial charge in [0.2, 0.25) is 0 Å². The molecule has 0 amide bonds. The van der Waals surface area contributed by atoms with E-state index < -0.39 is 0 Å². The molecule has 0 aliphatic heterocycles. The summed E-state index contributed by atoms with van der Waals surface area (Å²) in [6, 6.07) is 9.85. The van der Waals surface area contributed by atoms with Crippen molar-refractivity contribution in [3.63, 3.8) is 0 Å². The third-order valence-electron chi connectivity index (χ3n) is 2.55. The summed E-state index contributed by atoms with van der Waals surface area (Å²) in [6.45, 7) is 3.70. The molecule has 0 fully saturated rings. The maximum atomic E-state index is 8.74. The lowest BCUT2D eigenvalue weighted by Gasteiger charge is -2.04. The van der Waals surface area contributed by atoms with Crippen molar-refractivity contribution < 1.29 is 5.21 Å². The molecule has 1 aromatic carbocycles. The quantitative estimate of drug-likeness (QED) is 0.475. The van der Waals surface area contributed by atoms with Crippen molar-refractivity contribution in [2.24, 2.45) is 5.16 Å². The Morgan fingerprint density at radius 2 is 2.00 bits per heavy atom. The Bertz CT molecular complexity index is 514. The Labute approximate surface area is 93.8 Å². The summed E-state index contributed by atoms with van der Waals surface area (Å²) in [5, 5.41) is 16.2. The molecule has 82 valence electrons. The highest BCUT2D eigenvalue weighted by Crippen LogP contribution is 2.14. The first-order valence-electron chi connectivity index (χ1n) is 5.03. The standard InChI is InChI=1S/C12H13N3O/c1-9(14-16)12-8-13-15(10(12)2)11-6-4-3-5-7-11/h3-8,16H,1-2H3. The predicted octanol–water partition coefficient (Wildman–Crippen LogP) is 2.38. The van der Waals surface area contributed by atoms with E-state index in [1.165, 1.54) is 0 Å². The van der Waals surface area contributed by atoms with Gasteiger partial charge in [0, 0.05) is 5.56 Å². The van der Waals surface area contributed by atoms with Gasteiger partial charge in [-0.1, -0.05) is 23.4 Å². The molecule has 1 heterocycles. The van der Waals surface area contributed by atoms with Crippen molar-refractivity contribution in [3.05, 3.63) is 47.8 Å². The lowest BCUT2D eigenvalue weighted by Crippen LogP contribution is -2.01. The summed E-state index contributed by atoms with van der Waals surface area (Å²) in [6.07, 6.45) is 1.71. The molecule has 0 unspecified atom stereocenters. The van der Waals surface area contributed by atoms with Gasteiger partial charge in [-0.2, -0.15) is 5.10 Å². The maximum Gasteiger partial charge on any atom is 0.0871 e. The molecule has 0 atom stereocenters. The van der Waals surface area contributed by atoms with Crippen LogP contribution in [0.2, 0.25) is 0 Å². The minimum Gasteiger partial charge on any atom is -0.411 e. The van der Waals surface area contributed by atoms with Crippen LogP contribution in [0.3, 0.4) is 0 Å². The molecular weight excluding hydrogens is 202 g/mol. The van der Waals surface area contributed by atoms with Crippen LogP contribution >= 0.6 is 0 Å². The van der Waals surface area contributed by atoms with E-state index in [1.807, 2.05) is 41.9 Å². The minimum atomic E-state index is 0.569. The minimum absolute atomic E-state index is 0.569. The van der Waals surface area contributed by atoms with Gasteiger partial charge in [0.25, 0.3) is 0 Å².